The van der Waals surface area contributed by atoms with Gasteiger partial charge in [0, 0.05) is 11.9 Å². The first kappa shape index (κ1) is 33.8. The van der Waals surface area contributed by atoms with Crippen molar-refractivity contribution in [3.63, 3.8) is 0 Å². The molecule has 47 heavy (non-hydrogen) atoms. The van der Waals surface area contributed by atoms with E-state index in [-0.39, 0.29) is 31.0 Å². The van der Waals surface area contributed by atoms with Gasteiger partial charge in [0.2, 0.25) is 11.8 Å². The molecular formula is C31H30F4N4O7S. The lowest BCUT2D eigenvalue weighted by molar-refractivity contribution is -0.148. The maximum absolute atomic E-state index is 13.5. The van der Waals surface area contributed by atoms with Crippen molar-refractivity contribution < 1.29 is 49.3 Å². The van der Waals surface area contributed by atoms with E-state index in [0.717, 1.165) is 25.0 Å². The Balaban J connectivity index is 1.27. The van der Waals surface area contributed by atoms with Crippen molar-refractivity contribution in [1.82, 2.24) is 20.5 Å². The minimum atomic E-state index is -5.93. The number of hydrogen-bond donors (Lipinski definition) is 2. The van der Waals surface area contributed by atoms with Gasteiger partial charge in [0.15, 0.2) is 0 Å². The molecule has 3 amide bonds. The molecule has 1 saturated carbocycles. The van der Waals surface area contributed by atoms with Gasteiger partial charge in [0.05, 0.1) is 31.3 Å². The first-order chi connectivity index (χ1) is 22.2. The number of nitrogens with zero attached hydrogens (tertiary/aromatic N) is 2. The standard InChI is InChI=1S/C31H30F4N4O7S/c1-18(24-15-23(46-47(43,44)31(33,34)35)9-6-20(24)5-4-19-2-3-19)37-30(42)27-17-45-13-12-39(27)28(40)16-36-29(41)26-10-7-21-14-22(32)8-11-25(21)38-26/h4-11,14-15,18-19,27H,2-3,12-13,16-17H2,1H3,(H,36,41)(H,37,42)/b5-4+/t18-,27-/m0/s1. The van der Waals surface area contributed by atoms with Crippen molar-refractivity contribution >= 4 is 44.8 Å². The molecule has 250 valence electrons. The summed E-state index contributed by atoms with van der Waals surface area (Å²) in [6.07, 6.45) is 5.62. The van der Waals surface area contributed by atoms with E-state index < -0.39 is 63.5 Å². The molecule has 0 radical (unpaired) electrons. The van der Waals surface area contributed by atoms with Crippen molar-refractivity contribution in [2.75, 3.05) is 26.3 Å². The molecule has 5 rings (SSSR count). The summed E-state index contributed by atoms with van der Waals surface area (Å²) < 4.78 is 85.3. The maximum Gasteiger partial charge on any atom is 0.534 e. The lowest BCUT2D eigenvalue weighted by Crippen LogP contribution is -2.57. The van der Waals surface area contributed by atoms with Crippen LogP contribution < -0.4 is 14.8 Å². The fraction of sp³-hybridized carbons (Fsp3) is 0.355. The maximum atomic E-state index is 13.5. The molecule has 1 aliphatic carbocycles. The fourth-order valence-corrected chi connectivity index (χ4v) is 5.36. The fourth-order valence-electron chi connectivity index (χ4n) is 4.91. The normalized spacial score (nSPS) is 17.8. The molecule has 1 aromatic heterocycles. The molecule has 16 heteroatoms. The minimum absolute atomic E-state index is 0.00258. The van der Waals surface area contributed by atoms with E-state index in [1.54, 1.807) is 13.0 Å². The van der Waals surface area contributed by atoms with Gasteiger partial charge < -0.3 is 24.5 Å². The summed E-state index contributed by atoms with van der Waals surface area (Å²) in [7, 11) is -5.93. The average Bonchev–Trinajstić information content (AvgIpc) is 3.86. The molecule has 2 heterocycles. The minimum Gasteiger partial charge on any atom is -0.377 e. The summed E-state index contributed by atoms with van der Waals surface area (Å²) in [5.74, 6) is -2.59. The van der Waals surface area contributed by atoms with Crippen LogP contribution in [0.1, 0.15) is 47.4 Å². The highest BCUT2D eigenvalue weighted by Crippen LogP contribution is 2.33. The number of amides is 3. The summed E-state index contributed by atoms with van der Waals surface area (Å²) in [4.78, 5) is 44.8. The van der Waals surface area contributed by atoms with Crippen LogP contribution in [-0.2, 0) is 24.4 Å². The van der Waals surface area contributed by atoms with Crippen molar-refractivity contribution in [3.05, 3.63) is 77.2 Å². The summed E-state index contributed by atoms with van der Waals surface area (Å²) >= 11 is 0. The lowest BCUT2D eigenvalue weighted by atomic mass is 9.99. The first-order valence-electron chi connectivity index (χ1n) is 14.6. The van der Waals surface area contributed by atoms with E-state index >= 15 is 0 Å². The van der Waals surface area contributed by atoms with E-state index in [9.17, 15) is 40.4 Å². The number of rotatable bonds is 10. The Morgan fingerprint density at radius 1 is 1.13 bits per heavy atom. The predicted octanol–water partition coefficient (Wildman–Crippen LogP) is 3.86. The Hall–Kier alpha value is -4.57. The molecule has 3 aromatic rings. The molecule has 0 bridgehead atoms. The van der Waals surface area contributed by atoms with E-state index in [1.165, 1.54) is 41.3 Å². The molecule has 1 saturated heterocycles. The molecule has 0 spiro atoms. The summed E-state index contributed by atoms with van der Waals surface area (Å²) in [6, 6.07) is 8.42. The molecule has 2 aliphatic rings. The highest BCUT2D eigenvalue weighted by Gasteiger charge is 2.48. The third-order valence-corrected chi connectivity index (χ3v) is 8.56. The largest absolute Gasteiger partial charge is 0.534 e. The number of halogens is 4. The van der Waals surface area contributed by atoms with Crippen LogP contribution >= 0.6 is 0 Å². The van der Waals surface area contributed by atoms with Crippen LogP contribution in [0.4, 0.5) is 17.6 Å². The molecule has 2 atom stereocenters. The number of ether oxygens (including phenoxy) is 1. The Morgan fingerprint density at radius 3 is 2.62 bits per heavy atom. The Labute approximate surface area is 267 Å². The summed E-state index contributed by atoms with van der Waals surface area (Å²) in [6.45, 7) is 1.08. The van der Waals surface area contributed by atoms with Crippen LogP contribution in [-0.4, -0.2) is 73.9 Å². The number of fused-ring (bicyclic) bond motifs is 1. The second kappa shape index (κ2) is 13.7. The third kappa shape index (κ3) is 8.24. The van der Waals surface area contributed by atoms with E-state index in [1.807, 2.05) is 6.08 Å². The molecule has 0 unspecified atom stereocenters. The number of nitrogens with one attached hydrogen (secondary N) is 2. The highest BCUT2D eigenvalue weighted by atomic mass is 32.2. The number of hydrogen-bond acceptors (Lipinski definition) is 8. The van der Waals surface area contributed by atoms with Crippen molar-refractivity contribution in [2.45, 2.75) is 37.4 Å². The molecule has 2 aromatic carbocycles. The Bertz CT molecular complexity index is 1830. The van der Waals surface area contributed by atoms with Crippen LogP contribution in [0, 0.1) is 11.7 Å². The van der Waals surface area contributed by atoms with Gasteiger partial charge in [-0.3, -0.25) is 14.4 Å². The molecule has 2 N–H and O–H groups in total. The second-order valence-corrected chi connectivity index (χ2v) is 12.6. The third-order valence-electron chi connectivity index (χ3n) is 7.58. The number of allylic oxidation sites excluding steroid dienone is 1. The van der Waals surface area contributed by atoms with Crippen molar-refractivity contribution in [1.29, 1.82) is 0 Å². The number of pyridine rings is 1. The van der Waals surface area contributed by atoms with E-state index in [2.05, 4.69) is 19.8 Å². The topological polar surface area (TPSA) is 144 Å². The van der Waals surface area contributed by atoms with Gasteiger partial charge in [-0.2, -0.15) is 21.6 Å². The zero-order valence-electron chi connectivity index (χ0n) is 24.9. The van der Waals surface area contributed by atoms with Gasteiger partial charge in [-0.05, 0) is 73.2 Å². The van der Waals surface area contributed by atoms with Crippen molar-refractivity contribution in [3.8, 4) is 5.75 Å². The molecular weight excluding hydrogens is 648 g/mol. The van der Waals surface area contributed by atoms with Gasteiger partial charge in [-0.1, -0.05) is 24.3 Å². The number of carbonyl (C=O) groups is 3. The number of alkyl halides is 3. The van der Waals surface area contributed by atoms with Gasteiger partial charge in [0.1, 0.15) is 23.3 Å². The zero-order valence-corrected chi connectivity index (χ0v) is 25.7. The smallest absolute Gasteiger partial charge is 0.377 e. The van der Waals surface area contributed by atoms with Gasteiger partial charge >= 0.3 is 15.6 Å². The molecule has 2 fully saturated rings. The van der Waals surface area contributed by atoms with E-state index in [0.29, 0.717) is 22.4 Å². The molecule has 1 aliphatic heterocycles. The second-order valence-electron chi connectivity index (χ2n) is 11.1. The number of carbonyl (C=O) groups excluding carboxylic acids is 3. The predicted molar refractivity (Wildman–Crippen MR) is 161 cm³/mol. The van der Waals surface area contributed by atoms with Gasteiger partial charge in [0.25, 0.3) is 5.91 Å². The Kier molecular flexibility index (Phi) is 9.81. The zero-order chi connectivity index (χ0) is 33.9. The monoisotopic (exact) mass is 678 g/mol. The number of aromatic nitrogens is 1. The van der Waals surface area contributed by atoms with Crippen LogP contribution in [0.15, 0.2) is 54.6 Å². The Morgan fingerprint density at radius 2 is 1.89 bits per heavy atom. The summed E-state index contributed by atoms with van der Waals surface area (Å²) in [5.41, 5.74) is -4.46. The van der Waals surface area contributed by atoms with E-state index in [4.69, 9.17) is 4.74 Å². The average molecular weight is 679 g/mol. The lowest BCUT2D eigenvalue weighted by Gasteiger charge is -2.35. The summed E-state index contributed by atoms with van der Waals surface area (Å²) in [5, 5.41) is 5.70. The van der Waals surface area contributed by atoms with Crippen LogP contribution in [0.3, 0.4) is 0 Å². The van der Waals surface area contributed by atoms with Crippen LogP contribution in [0.2, 0.25) is 0 Å². The van der Waals surface area contributed by atoms with Crippen molar-refractivity contribution in [2.24, 2.45) is 5.92 Å². The number of morpholine rings is 1. The number of benzene rings is 2. The quantitative estimate of drug-likeness (QED) is 0.187. The van der Waals surface area contributed by atoms with Crippen LogP contribution in [0.25, 0.3) is 17.0 Å². The highest BCUT2D eigenvalue weighted by molar-refractivity contribution is 7.88. The molecule has 11 nitrogen and oxygen atoms in total. The van der Waals surface area contributed by atoms with Gasteiger partial charge in [-0.15, -0.1) is 0 Å². The van der Waals surface area contributed by atoms with Gasteiger partial charge in [-0.25, -0.2) is 9.37 Å². The first-order valence-corrected chi connectivity index (χ1v) is 16.0. The van der Waals surface area contributed by atoms with Crippen LogP contribution in [0.5, 0.6) is 5.75 Å². The SMILES string of the molecule is C[C@H](NC(=O)[C@@H]1COCCN1C(=O)CNC(=O)c1ccc2cc(F)ccc2n1)c1cc(OS(=O)(=O)C(F)(F)F)ccc1/C=C/C1CC1.